The Bertz CT molecular complexity index is 1140. The minimum Gasteiger partial charge on any atom is -0.348 e. The fourth-order valence-corrected chi connectivity index (χ4v) is 3.43. The summed E-state index contributed by atoms with van der Waals surface area (Å²) < 4.78 is 14.7. The minimum atomic E-state index is -0.544. The van der Waals surface area contributed by atoms with Crippen LogP contribution in [-0.2, 0) is 7.05 Å². The number of fused-ring (bicyclic) bond motifs is 1. The highest BCUT2D eigenvalue weighted by Gasteiger charge is 2.24. The normalized spacial score (nSPS) is 14.3. The first kappa shape index (κ1) is 19.1. The van der Waals surface area contributed by atoms with Crippen molar-refractivity contribution in [2.24, 2.45) is 7.05 Å². The summed E-state index contributed by atoms with van der Waals surface area (Å²) in [5.41, 5.74) is 1.35. The molecular weight excluding hydrogens is 399 g/mol. The molecule has 0 atom stereocenters. The largest absolute Gasteiger partial charge is 0.348 e. The number of amides is 2. The third-order valence-corrected chi connectivity index (χ3v) is 5.13. The Labute approximate surface area is 170 Å². The molecule has 1 N–H and O–H groups in total. The number of anilines is 2. The molecule has 1 aliphatic heterocycles. The van der Waals surface area contributed by atoms with E-state index >= 15 is 0 Å². The molecule has 1 saturated heterocycles. The first-order chi connectivity index (χ1) is 13.9. The van der Waals surface area contributed by atoms with Gasteiger partial charge in [-0.15, -0.1) is 0 Å². The van der Waals surface area contributed by atoms with Crippen molar-refractivity contribution in [2.75, 3.05) is 36.4 Å². The zero-order valence-corrected chi connectivity index (χ0v) is 16.4. The van der Waals surface area contributed by atoms with Gasteiger partial charge in [-0.3, -0.25) is 9.36 Å². The average Bonchev–Trinajstić information content (AvgIpc) is 2.73. The van der Waals surface area contributed by atoms with Crippen molar-refractivity contribution < 1.29 is 9.18 Å². The summed E-state index contributed by atoms with van der Waals surface area (Å²) in [6.07, 6.45) is 1.62. The van der Waals surface area contributed by atoms with E-state index in [9.17, 15) is 14.0 Å². The number of nitrogens with zero attached hydrogens (tertiary/aromatic N) is 5. The van der Waals surface area contributed by atoms with Crippen LogP contribution in [0.25, 0.3) is 11.2 Å². The van der Waals surface area contributed by atoms with Crippen molar-refractivity contribution in [2.45, 2.75) is 0 Å². The van der Waals surface area contributed by atoms with Crippen LogP contribution in [0.3, 0.4) is 0 Å². The van der Waals surface area contributed by atoms with Crippen molar-refractivity contribution in [1.29, 1.82) is 0 Å². The molecule has 0 spiro atoms. The number of nitrogens with one attached hydrogen (secondary N) is 1. The van der Waals surface area contributed by atoms with Gasteiger partial charge in [-0.05, 0) is 30.3 Å². The quantitative estimate of drug-likeness (QED) is 0.694. The molecule has 4 rings (SSSR count). The molecule has 1 fully saturated rings. The number of rotatable bonds is 2. The number of carbonyl (C=O) groups is 1. The van der Waals surface area contributed by atoms with E-state index in [1.807, 2.05) is 11.0 Å². The second-order valence-corrected chi connectivity index (χ2v) is 7.09. The van der Waals surface area contributed by atoms with Gasteiger partial charge >= 0.3 is 6.03 Å². The van der Waals surface area contributed by atoms with Crippen LogP contribution in [0.2, 0.25) is 5.02 Å². The fourth-order valence-electron chi connectivity index (χ4n) is 3.25. The summed E-state index contributed by atoms with van der Waals surface area (Å²) in [6, 6.07) is 7.28. The monoisotopic (exact) mass is 416 g/mol. The van der Waals surface area contributed by atoms with Gasteiger partial charge in [-0.1, -0.05) is 11.6 Å². The second kappa shape index (κ2) is 7.67. The maximum absolute atomic E-state index is 13.3. The number of pyridine rings is 1. The van der Waals surface area contributed by atoms with Gasteiger partial charge in [0.2, 0.25) is 0 Å². The van der Waals surface area contributed by atoms with Gasteiger partial charge in [-0.2, -0.15) is 0 Å². The predicted molar refractivity (Wildman–Crippen MR) is 109 cm³/mol. The van der Waals surface area contributed by atoms with Crippen LogP contribution < -0.4 is 15.8 Å². The molecule has 1 aromatic carbocycles. The second-order valence-electron chi connectivity index (χ2n) is 6.68. The lowest BCUT2D eigenvalue weighted by molar-refractivity contribution is 0.208. The highest BCUT2D eigenvalue weighted by Crippen LogP contribution is 2.20. The molecular formula is C19H18ClFN6O2. The molecule has 3 heterocycles. The predicted octanol–water partition coefficient (Wildman–Crippen LogP) is 2.48. The van der Waals surface area contributed by atoms with E-state index in [0.29, 0.717) is 48.8 Å². The molecule has 2 aromatic heterocycles. The first-order valence-electron chi connectivity index (χ1n) is 9.02. The van der Waals surface area contributed by atoms with Gasteiger partial charge in [-0.25, -0.2) is 19.2 Å². The van der Waals surface area contributed by atoms with Gasteiger partial charge in [0.1, 0.15) is 11.3 Å². The minimum absolute atomic E-state index is 0.0552. The Hall–Kier alpha value is -3.20. The molecule has 8 nitrogen and oxygen atoms in total. The van der Waals surface area contributed by atoms with Crippen LogP contribution in [0.5, 0.6) is 0 Å². The van der Waals surface area contributed by atoms with E-state index < -0.39 is 5.82 Å². The zero-order chi connectivity index (χ0) is 20.5. The van der Waals surface area contributed by atoms with Crippen molar-refractivity contribution in [3.63, 3.8) is 0 Å². The number of hydrogen-bond acceptors (Lipinski definition) is 5. The van der Waals surface area contributed by atoms with E-state index in [4.69, 9.17) is 11.6 Å². The van der Waals surface area contributed by atoms with Crippen LogP contribution in [0.4, 0.5) is 20.7 Å². The number of aromatic nitrogens is 3. The van der Waals surface area contributed by atoms with Gasteiger partial charge < -0.3 is 15.1 Å². The summed E-state index contributed by atoms with van der Waals surface area (Å²) in [4.78, 5) is 37.3. The zero-order valence-electron chi connectivity index (χ0n) is 15.6. The molecule has 150 valence electrons. The topological polar surface area (TPSA) is 83.4 Å². The van der Waals surface area contributed by atoms with E-state index in [1.54, 1.807) is 24.2 Å². The van der Waals surface area contributed by atoms with Crippen LogP contribution in [0.15, 0.2) is 41.3 Å². The number of carbonyl (C=O) groups excluding carboxylic acids is 1. The average molecular weight is 417 g/mol. The van der Waals surface area contributed by atoms with E-state index in [0.717, 1.165) is 0 Å². The molecule has 2 amide bonds. The van der Waals surface area contributed by atoms with Gasteiger partial charge in [0.15, 0.2) is 11.5 Å². The Balaban J connectivity index is 1.46. The van der Waals surface area contributed by atoms with E-state index in [1.165, 1.54) is 22.8 Å². The molecule has 0 unspecified atom stereocenters. The number of halogens is 2. The maximum atomic E-state index is 13.3. The van der Waals surface area contributed by atoms with Crippen molar-refractivity contribution >= 4 is 40.3 Å². The third kappa shape index (κ3) is 3.73. The lowest BCUT2D eigenvalue weighted by Gasteiger charge is -2.35. The van der Waals surface area contributed by atoms with Crippen LogP contribution in [0.1, 0.15) is 0 Å². The number of urea groups is 1. The van der Waals surface area contributed by atoms with Gasteiger partial charge in [0.25, 0.3) is 5.56 Å². The van der Waals surface area contributed by atoms with Crippen LogP contribution >= 0.6 is 11.6 Å². The smallest absolute Gasteiger partial charge is 0.321 e. The van der Waals surface area contributed by atoms with Crippen LogP contribution in [0, 0.1) is 5.82 Å². The van der Waals surface area contributed by atoms with E-state index in [-0.39, 0.29) is 16.6 Å². The van der Waals surface area contributed by atoms with Crippen molar-refractivity contribution in [3.8, 4) is 0 Å². The maximum Gasteiger partial charge on any atom is 0.321 e. The molecule has 1 aliphatic rings. The number of aryl methyl sites for hydroxylation is 1. The Morgan fingerprint density at radius 3 is 2.69 bits per heavy atom. The standard InChI is InChI=1S/C19H18ClFN6O2/c1-25-16-15(3-2-6-22-16)24-17(18(25)28)26-7-9-27(10-8-26)19(29)23-12-4-5-14(21)13(20)11-12/h2-6,11H,7-10H2,1H3,(H,23,29). The van der Waals surface area contributed by atoms with Gasteiger partial charge in [0, 0.05) is 45.1 Å². The Kier molecular flexibility index (Phi) is 5.06. The molecule has 0 radical (unpaired) electrons. The molecule has 3 aromatic rings. The fraction of sp³-hybridized carbons (Fsp3) is 0.263. The summed E-state index contributed by atoms with van der Waals surface area (Å²) in [5, 5.41) is 2.65. The number of piperazine rings is 1. The van der Waals surface area contributed by atoms with Crippen LogP contribution in [-0.4, -0.2) is 51.6 Å². The lowest BCUT2D eigenvalue weighted by atomic mass is 10.3. The SMILES string of the molecule is Cn1c(=O)c(N2CCN(C(=O)Nc3ccc(F)c(Cl)c3)CC2)nc2cccnc21. The summed E-state index contributed by atoms with van der Waals surface area (Å²) in [5.74, 6) is -0.198. The first-order valence-corrected chi connectivity index (χ1v) is 9.39. The third-order valence-electron chi connectivity index (χ3n) is 4.84. The highest BCUT2D eigenvalue weighted by molar-refractivity contribution is 6.31. The summed E-state index contributed by atoms with van der Waals surface area (Å²) >= 11 is 5.75. The number of hydrogen-bond donors (Lipinski definition) is 1. The lowest BCUT2D eigenvalue weighted by Crippen LogP contribution is -2.51. The van der Waals surface area contributed by atoms with Gasteiger partial charge in [0.05, 0.1) is 5.02 Å². The summed E-state index contributed by atoms with van der Waals surface area (Å²) in [6.45, 7) is 1.75. The highest BCUT2D eigenvalue weighted by atomic mass is 35.5. The number of benzene rings is 1. The molecule has 10 heteroatoms. The van der Waals surface area contributed by atoms with Crippen molar-refractivity contribution in [3.05, 3.63) is 57.7 Å². The molecule has 29 heavy (non-hydrogen) atoms. The molecule has 0 bridgehead atoms. The Morgan fingerprint density at radius 2 is 1.97 bits per heavy atom. The molecule has 0 aliphatic carbocycles. The van der Waals surface area contributed by atoms with Crippen molar-refractivity contribution in [1.82, 2.24) is 19.4 Å². The Morgan fingerprint density at radius 1 is 1.21 bits per heavy atom. The molecule has 0 saturated carbocycles. The summed E-state index contributed by atoms with van der Waals surface area (Å²) in [7, 11) is 1.67. The van der Waals surface area contributed by atoms with E-state index in [2.05, 4.69) is 15.3 Å².